The minimum Gasteiger partial charge on any atom is -0.316 e. The molecule has 1 N–H and O–H groups in total. The van der Waals surface area contributed by atoms with E-state index in [4.69, 9.17) is 6.57 Å². The van der Waals surface area contributed by atoms with Crippen LogP contribution in [-0.4, -0.2) is 32.0 Å². The van der Waals surface area contributed by atoms with E-state index in [9.17, 15) is 39.5 Å². The van der Waals surface area contributed by atoms with E-state index in [1.807, 2.05) is 39.1 Å². The van der Waals surface area contributed by atoms with Gasteiger partial charge in [-0.05, 0) is 103 Å². The first-order valence-corrected chi connectivity index (χ1v) is 25.1. The Morgan fingerprint density at radius 2 is 0.921 bits per heavy atom. The quantitative estimate of drug-likeness (QED) is 0.121. The SMILES string of the molecule is Cc1cccc(-c2[c-]c(F)ccc2F)n1.Cc1cccc(-c2[c-]cc(F)cc2F)n1.Cc1ccnc(-c2[c-]cc(F)cc2F)c1.Fc1c[c-]c(-c2ccccn2)c(F)c1.[C-]#[N+]c1ccc(-c2c(F)c[c-]c(-c3cc(CNC)ccn3)c2F)cc1.[Ir].[Ir].[Ir].[Ir].[Ir]. The van der Waals surface area contributed by atoms with E-state index in [0.29, 0.717) is 46.3 Å². The second kappa shape index (κ2) is 38.6. The van der Waals surface area contributed by atoms with Crippen molar-refractivity contribution in [2.75, 3.05) is 7.05 Å². The molecule has 5 radical (unpaired) electrons. The fraction of sp³-hybridized carbons (Fsp3) is 0.0746. The van der Waals surface area contributed by atoms with Gasteiger partial charge in [0.25, 0.3) is 0 Å². The molecule has 0 saturated carbocycles. The van der Waals surface area contributed by atoms with Gasteiger partial charge in [-0.25, -0.2) is 9.24 Å². The summed E-state index contributed by atoms with van der Waals surface area (Å²) in [7, 11) is 1.82. The first-order chi connectivity index (χ1) is 40.4. The Hall–Kier alpha value is -6.93. The molecule has 5 aromatic heterocycles. The van der Waals surface area contributed by atoms with Crippen molar-refractivity contribution in [3.8, 4) is 67.4 Å². The Bertz CT molecular complexity index is 4000. The van der Waals surface area contributed by atoms with E-state index in [1.54, 1.807) is 86.2 Å². The molecule has 11 rings (SSSR count). The molecule has 0 bridgehead atoms. The Morgan fingerprint density at radius 1 is 0.438 bits per heavy atom. The number of aromatic nitrogens is 5. The van der Waals surface area contributed by atoms with Crippen molar-refractivity contribution in [1.82, 2.24) is 30.2 Å². The number of aryl methyl sites for hydroxylation is 3. The summed E-state index contributed by atoms with van der Waals surface area (Å²) in [5, 5.41) is 3.02. The van der Waals surface area contributed by atoms with Crippen LogP contribution in [0.4, 0.5) is 49.6 Å². The van der Waals surface area contributed by atoms with Crippen molar-refractivity contribution in [2.45, 2.75) is 27.3 Å². The molecule has 0 fully saturated rings. The van der Waals surface area contributed by atoms with Gasteiger partial charge in [-0.1, -0.05) is 124 Å². The van der Waals surface area contributed by atoms with Crippen LogP contribution in [0.15, 0.2) is 176 Å². The summed E-state index contributed by atoms with van der Waals surface area (Å²) < 4.78 is 133. The molecule has 0 aliphatic rings. The third kappa shape index (κ3) is 22.8. The maximum atomic E-state index is 15.0. The molecule has 0 saturated heterocycles. The minimum atomic E-state index is -0.718. The Labute approximate surface area is 576 Å². The van der Waals surface area contributed by atoms with Gasteiger partial charge in [-0.3, -0.25) is 39.5 Å². The predicted octanol–water partition coefficient (Wildman–Crippen LogP) is 17.0. The largest absolute Gasteiger partial charge is 0.316 e. The Balaban J connectivity index is 0.000000381. The number of halogens is 10. The second-order valence-corrected chi connectivity index (χ2v) is 17.9. The minimum absolute atomic E-state index is 0. The van der Waals surface area contributed by atoms with E-state index < -0.39 is 58.2 Å². The zero-order valence-electron chi connectivity index (χ0n) is 46.6. The topological polar surface area (TPSA) is 80.8 Å². The van der Waals surface area contributed by atoms with Crippen molar-refractivity contribution in [3.63, 3.8) is 0 Å². The van der Waals surface area contributed by atoms with Gasteiger partial charge in [0, 0.05) is 195 Å². The first kappa shape index (κ1) is 78.2. The average Bonchev–Trinajstić information content (AvgIpc) is 2.76. The number of nitrogens with one attached hydrogen (secondary N) is 1. The van der Waals surface area contributed by atoms with Gasteiger partial charge >= 0.3 is 0 Å². The number of hydrogen-bond acceptors (Lipinski definition) is 6. The molecule has 6 aromatic carbocycles. The third-order valence-electron chi connectivity index (χ3n) is 11.6. The van der Waals surface area contributed by atoms with E-state index in [-0.39, 0.29) is 134 Å². The molecular weight excluding hydrogens is 2050 g/mol. The van der Waals surface area contributed by atoms with Crippen molar-refractivity contribution in [1.29, 1.82) is 0 Å². The molecule has 467 valence electrons. The number of hydrogen-bond donors (Lipinski definition) is 1. The summed E-state index contributed by atoms with van der Waals surface area (Å²) in [6, 6.07) is 50.3. The van der Waals surface area contributed by atoms with E-state index in [0.717, 1.165) is 77.1 Å². The summed E-state index contributed by atoms with van der Waals surface area (Å²) in [6.07, 6.45) is 4.72. The van der Waals surface area contributed by atoms with E-state index >= 15 is 4.39 Å². The Kier molecular flexibility index (Phi) is 33.9. The summed E-state index contributed by atoms with van der Waals surface area (Å²) in [5.41, 5.74) is 7.00. The summed E-state index contributed by atoms with van der Waals surface area (Å²) in [4.78, 5) is 23.7. The number of pyridine rings is 5. The predicted molar refractivity (Wildman–Crippen MR) is 301 cm³/mol. The van der Waals surface area contributed by atoms with Gasteiger partial charge in [0.15, 0.2) is 5.69 Å². The molecule has 5 heterocycles. The fourth-order valence-electron chi connectivity index (χ4n) is 7.69. The number of rotatable bonds is 8. The second-order valence-electron chi connectivity index (χ2n) is 17.9. The molecule has 0 unspecified atom stereocenters. The molecule has 0 aliphatic heterocycles. The zero-order chi connectivity index (χ0) is 60.3. The maximum absolute atomic E-state index is 15.0. The fourth-order valence-corrected chi connectivity index (χ4v) is 7.69. The van der Waals surface area contributed by atoms with E-state index in [1.165, 1.54) is 24.3 Å². The molecule has 7 nitrogen and oxygen atoms in total. The number of benzene rings is 6. The molecule has 0 atom stereocenters. The van der Waals surface area contributed by atoms with Crippen LogP contribution in [0.2, 0.25) is 0 Å². The van der Waals surface area contributed by atoms with Gasteiger partial charge in [0.05, 0.1) is 6.57 Å². The van der Waals surface area contributed by atoms with Crippen LogP contribution in [0.1, 0.15) is 22.5 Å². The molecule has 89 heavy (non-hydrogen) atoms. The van der Waals surface area contributed by atoms with Crippen molar-refractivity contribution in [3.05, 3.63) is 299 Å². The maximum Gasteiger partial charge on any atom is 0.187 e. The monoisotopic (exact) mass is 2100 g/mol. The molecular formula is C67H44F10Ir5N7-5. The Morgan fingerprint density at radius 3 is 1.42 bits per heavy atom. The van der Waals surface area contributed by atoms with Gasteiger partial charge in [-0.15, -0.1) is 66.7 Å². The van der Waals surface area contributed by atoms with Gasteiger partial charge < -0.3 is 30.2 Å². The zero-order valence-corrected chi connectivity index (χ0v) is 58.6. The van der Waals surface area contributed by atoms with Crippen molar-refractivity contribution < 1.29 is 144 Å². The molecule has 11 aromatic rings. The standard InChI is InChI=1S/C20H14F2N3.3C12H8F2N.C11H6F2N.5Ir/c1-23-12-13-9-10-25-18(11-13)16-7-8-17(21)19(20(16)22)14-3-5-15(24-2)6-4-14;1-8-4-5-15-12(6-8)10-3-2-9(13)7-11(10)14;1-8-3-2-4-12(15-8)10-7-9(13)5-6-11(10)14;1-8-3-2-4-12(15-8)10-6-5-9(13)7-11(10)14;12-8-4-5-9(10(13)7-8)11-3-1-2-6-14-11;;;;;/h3-6,8-11,23H,12H2,1H3;2,4-7H,1H3;2-6H,1H3;2-5,7H,1H3;1-4,6-7H;;;;;/q5*-1;;;;;. The van der Waals surface area contributed by atoms with Crippen molar-refractivity contribution >= 4 is 5.69 Å². The van der Waals surface area contributed by atoms with Crippen LogP contribution in [-0.2, 0) is 107 Å². The summed E-state index contributed by atoms with van der Waals surface area (Å²) >= 11 is 0. The average molecular weight is 2100 g/mol. The normalized spacial score (nSPS) is 9.76. The number of nitrogens with zero attached hydrogens (tertiary/aromatic N) is 6. The van der Waals surface area contributed by atoms with Gasteiger partial charge in [0.2, 0.25) is 0 Å². The molecule has 0 aliphatic carbocycles. The van der Waals surface area contributed by atoms with Crippen LogP contribution in [0, 0.1) is 116 Å². The smallest absolute Gasteiger partial charge is 0.187 e. The first-order valence-electron chi connectivity index (χ1n) is 25.1. The molecule has 0 amide bonds. The van der Waals surface area contributed by atoms with Crippen LogP contribution in [0.3, 0.4) is 0 Å². The van der Waals surface area contributed by atoms with Crippen molar-refractivity contribution in [2.24, 2.45) is 0 Å². The third-order valence-corrected chi connectivity index (χ3v) is 11.6. The van der Waals surface area contributed by atoms with Crippen LogP contribution >= 0.6 is 0 Å². The van der Waals surface area contributed by atoms with Crippen LogP contribution in [0.25, 0.3) is 72.3 Å². The van der Waals surface area contributed by atoms with Gasteiger partial charge in [-0.2, -0.15) is 0 Å². The summed E-state index contributed by atoms with van der Waals surface area (Å²) in [5.74, 6) is -6.38. The summed E-state index contributed by atoms with van der Waals surface area (Å²) in [6.45, 7) is 13.1. The van der Waals surface area contributed by atoms with E-state index in [2.05, 4.69) is 65.4 Å². The van der Waals surface area contributed by atoms with Crippen LogP contribution in [0.5, 0.6) is 0 Å². The van der Waals surface area contributed by atoms with Gasteiger partial charge in [0.1, 0.15) is 0 Å². The van der Waals surface area contributed by atoms with Crippen LogP contribution < -0.4 is 5.32 Å². The molecule has 22 heteroatoms. The molecule has 0 spiro atoms.